The molecule has 2 aromatic rings. The second-order valence-electron chi connectivity index (χ2n) is 8.20. The van der Waals surface area contributed by atoms with E-state index >= 15 is 0 Å². The van der Waals surface area contributed by atoms with Crippen LogP contribution in [0.1, 0.15) is 25.3 Å². The van der Waals surface area contributed by atoms with Crippen molar-refractivity contribution in [2.24, 2.45) is 10.4 Å². The highest BCUT2D eigenvalue weighted by atomic mass is 16.5. The molecule has 3 heterocycles. The Bertz CT molecular complexity index is 857. The van der Waals surface area contributed by atoms with Gasteiger partial charge in [-0.25, -0.2) is 9.98 Å². The first-order valence-corrected chi connectivity index (χ1v) is 10.3. The molecule has 0 bridgehead atoms. The van der Waals surface area contributed by atoms with Crippen LogP contribution in [-0.4, -0.2) is 62.8 Å². The van der Waals surface area contributed by atoms with Crippen molar-refractivity contribution in [3.63, 3.8) is 0 Å². The van der Waals surface area contributed by atoms with Gasteiger partial charge in [-0.15, -0.1) is 0 Å². The molecule has 1 aromatic carbocycles. The van der Waals surface area contributed by atoms with Gasteiger partial charge in [0.2, 0.25) is 0 Å². The first kappa shape index (κ1) is 19.0. The lowest BCUT2D eigenvalue weighted by Gasteiger charge is -2.25. The average Bonchev–Trinajstić information content (AvgIpc) is 3.34. The molecule has 0 aliphatic carbocycles. The van der Waals surface area contributed by atoms with Crippen molar-refractivity contribution >= 4 is 22.7 Å². The van der Waals surface area contributed by atoms with Gasteiger partial charge in [0.15, 0.2) is 5.96 Å². The number of guanidine groups is 1. The zero-order valence-electron chi connectivity index (χ0n) is 17.2. The smallest absolute Gasteiger partial charge is 0.194 e. The summed E-state index contributed by atoms with van der Waals surface area (Å²) in [5, 5.41) is 4.67. The molecule has 0 radical (unpaired) electrons. The molecule has 28 heavy (non-hydrogen) atoms. The molecule has 4 rings (SSSR count). The van der Waals surface area contributed by atoms with E-state index in [-0.39, 0.29) is 0 Å². The van der Waals surface area contributed by atoms with Gasteiger partial charge >= 0.3 is 0 Å². The lowest BCUT2D eigenvalue weighted by molar-refractivity contribution is 0.156. The summed E-state index contributed by atoms with van der Waals surface area (Å²) >= 11 is 0. The van der Waals surface area contributed by atoms with Crippen LogP contribution in [0.4, 0.5) is 5.82 Å². The van der Waals surface area contributed by atoms with E-state index in [1.165, 1.54) is 23.8 Å². The molecule has 2 aliphatic heterocycles. The highest BCUT2D eigenvalue weighted by molar-refractivity contribution is 5.85. The minimum absolute atomic E-state index is 0.331. The Labute approximate surface area is 167 Å². The van der Waals surface area contributed by atoms with Crippen molar-refractivity contribution < 1.29 is 4.74 Å². The molecule has 1 N–H and O–H groups in total. The summed E-state index contributed by atoms with van der Waals surface area (Å²) in [5.74, 6) is 1.98. The summed E-state index contributed by atoms with van der Waals surface area (Å²) in [6, 6.07) is 10.5. The maximum atomic E-state index is 5.68. The van der Waals surface area contributed by atoms with Crippen molar-refractivity contribution in [3.05, 3.63) is 35.9 Å². The van der Waals surface area contributed by atoms with Crippen LogP contribution in [0.5, 0.6) is 0 Å². The van der Waals surface area contributed by atoms with Crippen LogP contribution < -0.4 is 10.2 Å². The van der Waals surface area contributed by atoms with Crippen LogP contribution in [0.2, 0.25) is 0 Å². The lowest BCUT2D eigenvalue weighted by Crippen LogP contribution is -2.41. The first-order valence-electron chi connectivity index (χ1n) is 10.3. The van der Waals surface area contributed by atoms with Gasteiger partial charge in [-0.1, -0.05) is 18.2 Å². The fourth-order valence-electron chi connectivity index (χ4n) is 4.27. The Morgan fingerprint density at radius 2 is 2.18 bits per heavy atom. The first-order chi connectivity index (χ1) is 13.6. The van der Waals surface area contributed by atoms with Crippen LogP contribution in [0.25, 0.3) is 10.9 Å². The molecular formula is C22H31N5O. The SMILES string of the molecule is CCNC(=NCc1cc(N(C)C)nc2ccccc12)N1CCC2(CCOC2)C1. The topological polar surface area (TPSA) is 53.0 Å². The van der Waals surface area contributed by atoms with Crippen molar-refractivity contribution in [1.82, 2.24) is 15.2 Å². The van der Waals surface area contributed by atoms with Crippen LogP contribution in [0.15, 0.2) is 35.3 Å². The van der Waals surface area contributed by atoms with Gasteiger partial charge in [0, 0.05) is 51.1 Å². The Balaban J connectivity index is 1.60. The maximum Gasteiger partial charge on any atom is 0.194 e. The highest BCUT2D eigenvalue weighted by Crippen LogP contribution is 2.38. The molecule has 2 saturated heterocycles. The van der Waals surface area contributed by atoms with E-state index in [9.17, 15) is 0 Å². The molecule has 1 spiro atoms. The number of benzene rings is 1. The fourth-order valence-corrected chi connectivity index (χ4v) is 4.27. The van der Waals surface area contributed by atoms with Crippen LogP contribution in [-0.2, 0) is 11.3 Å². The highest BCUT2D eigenvalue weighted by Gasteiger charge is 2.42. The summed E-state index contributed by atoms with van der Waals surface area (Å²) in [6.45, 7) is 7.53. The Kier molecular flexibility index (Phi) is 5.40. The number of nitrogens with zero attached hydrogens (tertiary/aromatic N) is 4. The van der Waals surface area contributed by atoms with E-state index < -0.39 is 0 Å². The largest absolute Gasteiger partial charge is 0.381 e. The normalized spacial score (nSPS) is 22.4. The number of aliphatic imine (C=N–C) groups is 1. The van der Waals surface area contributed by atoms with Crippen molar-refractivity contribution in [2.75, 3.05) is 51.8 Å². The van der Waals surface area contributed by atoms with E-state index in [0.29, 0.717) is 12.0 Å². The van der Waals surface area contributed by atoms with E-state index in [4.69, 9.17) is 14.7 Å². The number of aromatic nitrogens is 1. The van der Waals surface area contributed by atoms with Gasteiger partial charge < -0.3 is 19.9 Å². The summed E-state index contributed by atoms with van der Waals surface area (Å²) in [7, 11) is 4.06. The van der Waals surface area contributed by atoms with Crippen LogP contribution >= 0.6 is 0 Å². The molecule has 6 heteroatoms. The summed E-state index contributed by atoms with van der Waals surface area (Å²) in [4.78, 5) is 14.2. The van der Waals surface area contributed by atoms with E-state index in [1.54, 1.807) is 0 Å². The molecule has 150 valence electrons. The molecule has 1 unspecified atom stereocenters. The second kappa shape index (κ2) is 7.95. The predicted octanol–water partition coefficient (Wildman–Crippen LogP) is 2.88. The summed E-state index contributed by atoms with van der Waals surface area (Å²) < 4.78 is 5.68. The third kappa shape index (κ3) is 3.78. The van der Waals surface area contributed by atoms with Gasteiger partial charge in [-0.3, -0.25) is 0 Å². The zero-order valence-corrected chi connectivity index (χ0v) is 17.2. The molecule has 1 aromatic heterocycles. The molecule has 1 atom stereocenters. The Morgan fingerprint density at radius 1 is 1.32 bits per heavy atom. The van der Waals surface area contributed by atoms with Gasteiger partial charge in [0.25, 0.3) is 0 Å². The van der Waals surface area contributed by atoms with Gasteiger partial charge in [0.05, 0.1) is 18.7 Å². The minimum atomic E-state index is 0.331. The fraction of sp³-hybridized carbons (Fsp3) is 0.545. The third-order valence-electron chi connectivity index (χ3n) is 5.90. The molecule has 2 aliphatic rings. The number of nitrogens with one attached hydrogen (secondary N) is 1. The van der Waals surface area contributed by atoms with E-state index in [2.05, 4.69) is 46.3 Å². The number of hydrogen-bond acceptors (Lipinski definition) is 4. The number of pyridine rings is 1. The maximum absolute atomic E-state index is 5.68. The number of hydrogen-bond donors (Lipinski definition) is 1. The summed E-state index contributed by atoms with van der Waals surface area (Å²) in [6.07, 6.45) is 2.37. The number of para-hydroxylation sites is 1. The molecule has 0 saturated carbocycles. The quantitative estimate of drug-likeness (QED) is 0.652. The number of likely N-dealkylation sites (tertiary alicyclic amines) is 1. The third-order valence-corrected chi connectivity index (χ3v) is 5.90. The van der Waals surface area contributed by atoms with E-state index in [0.717, 1.165) is 50.1 Å². The molecule has 2 fully saturated rings. The number of ether oxygens (including phenoxy) is 1. The number of anilines is 1. The second-order valence-corrected chi connectivity index (χ2v) is 8.20. The van der Waals surface area contributed by atoms with Crippen molar-refractivity contribution in [3.8, 4) is 0 Å². The average molecular weight is 382 g/mol. The van der Waals surface area contributed by atoms with Crippen LogP contribution in [0, 0.1) is 5.41 Å². The Hall–Kier alpha value is -2.34. The predicted molar refractivity (Wildman–Crippen MR) is 115 cm³/mol. The Morgan fingerprint density at radius 3 is 2.93 bits per heavy atom. The standard InChI is InChI=1S/C22H31N5O/c1-4-23-21(27-11-9-22(15-27)10-12-28-16-22)24-14-17-13-20(26(2)3)25-19-8-6-5-7-18(17)19/h5-8,13H,4,9-12,14-16H2,1-3H3,(H,23,24). The molecule has 0 amide bonds. The number of fused-ring (bicyclic) bond motifs is 1. The van der Waals surface area contributed by atoms with Crippen molar-refractivity contribution in [1.29, 1.82) is 0 Å². The van der Waals surface area contributed by atoms with E-state index in [1.807, 2.05) is 20.2 Å². The minimum Gasteiger partial charge on any atom is -0.381 e. The lowest BCUT2D eigenvalue weighted by atomic mass is 9.87. The van der Waals surface area contributed by atoms with Gasteiger partial charge in [-0.05, 0) is 37.5 Å². The van der Waals surface area contributed by atoms with Crippen LogP contribution in [0.3, 0.4) is 0 Å². The van der Waals surface area contributed by atoms with Crippen molar-refractivity contribution in [2.45, 2.75) is 26.3 Å². The molecular weight excluding hydrogens is 350 g/mol. The summed E-state index contributed by atoms with van der Waals surface area (Å²) in [5.41, 5.74) is 2.56. The number of rotatable bonds is 4. The van der Waals surface area contributed by atoms with Gasteiger partial charge in [-0.2, -0.15) is 0 Å². The zero-order chi connectivity index (χ0) is 19.6. The molecule has 6 nitrogen and oxygen atoms in total. The monoisotopic (exact) mass is 381 g/mol. The van der Waals surface area contributed by atoms with Gasteiger partial charge in [0.1, 0.15) is 5.82 Å².